The number of rotatable bonds is 4. The van der Waals surface area contributed by atoms with E-state index in [0.717, 1.165) is 18.5 Å². The van der Waals surface area contributed by atoms with Crippen molar-refractivity contribution in [2.45, 2.75) is 31.8 Å². The highest BCUT2D eigenvalue weighted by Gasteiger charge is 2.24. The summed E-state index contributed by atoms with van der Waals surface area (Å²) in [5, 5.41) is 3.41. The number of hydrogen-bond donors (Lipinski definition) is 2. The zero-order valence-electron chi connectivity index (χ0n) is 13.0. The van der Waals surface area contributed by atoms with Crippen LogP contribution in [0.4, 0.5) is 5.69 Å². The fraction of sp³-hybridized carbons (Fsp3) is 0.500. The summed E-state index contributed by atoms with van der Waals surface area (Å²) in [6.45, 7) is 3.12. The van der Waals surface area contributed by atoms with Crippen molar-refractivity contribution >= 4 is 17.6 Å². The molecule has 120 valence electrons. The van der Waals surface area contributed by atoms with Gasteiger partial charge in [-0.3, -0.25) is 4.79 Å². The average molecular weight is 305 g/mol. The third-order valence-corrected chi connectivity index (χ3v) is 3.85. The van der Waals surface area contributed by atoms with Gasteiger partial charge in [-0.25, -0.2) is 4.79 Å². The minimum absolute atomic E-state index is 0.00568. The minimum atomic E-state index is -0.443. The number of piperidine rings is 1. The summed E-state index contributed by atoms with van der Waals surface area (Å²) in [6.07, 6.45) is 1.72. The molecule has 1 amide bonds. The number of ether oxygens (including phenoxy) is 1. The number of amides is 1. The maximum absolute atomic E-state index is 11.8. The molecule has 1 aliphatic heterocycles. The second kappa shape index (κ2) is 7.26. The van der Waals surface area contributed by atoms with Crippen molar-refractivity contribution < 1.29 is 14.3 Å². The topological polar surface area (TPSA) is 84.7 Å². The van der Waals surface area contributed by atoms with Crippen molar-refractivity contribution in [3.05, 3.63) is 29.8 Å². The second-order valence-electron chi connectivity index (χ2n) is 5.60. The summed E-state index contributed by atoms with van der Waals surface area (Å²) in [7, 11) is 1.37. The van der Waals surface area contributed by atoms with E-state index in [0.29, 0.717) is 18.7 Å². The first-order chi connectivity index (χ1) is 10.5. The maximum atomic E-state index is 11.8. The predicted molar refractivity (Wildman–Crippen MR) is 84.7 cm³/mol. The molecule has 22 heavy (non-hydrogen) atoms. The monoisotopic (exact) mass is 305 g/mol. The highest BCUT2D eigenvalue weighted by Crippen LogP contribution is 2.18. The molecule has 1 aromatic rings. The quantitative estimate of drug-likeness (QED) is 0.817. The largest absolute Gasteiger partial charge is 0.465 e. The Morgan fingerprint density at radius 1 is 1.36 bits per heavy atom. The van der Waals surface area contributed by atoms with Crippen LogP contribution < -0.4 is 11.1 Å². The molecule has 0 aliphatic carbocycles. The third-order valence-electron chi connectivity index (χ3n) is 3.85. The van der Waals surface area contributed by atoms with Crippen molar-refractivity contribution in [1.82, 2.24) is 4.90 Å². The Kier molecular flexibility index (Phi) is 5.38. The van der Waals surface area contributed by atoms with Gasteiger partial charge >= 0.3 is 5.97 Å². The summed E-state index contributed by atoms with van der Waals surface area (Å²) in [6, 6.07) is 7.09. The van der Waals surface area contributed by atoms with Gasteiger partial charge < -0.3 is 20.7 Å². The molecule has 3 N–H and O–H groups in total. The van der Waals surface area contributed by atoms with Gasteiger partial charge in [0.05, 0.1) is 18.7 Å². The number of likely N-dealkylation sites (tertiary alicyclic amines) is 1. The Balaban J connectivity index is 1.91. The van der Waals surface area contributed by atoms with Crippen LogP contribution in [-0.2, 0) is 9.53 Å². The number of nitrogens with two attached hydrogens (primary N) is 1. The molecule has 1 aliphatic rings. The number of carbonyl (C=O) groups excluding carboxylic acids is 2. The normalized spacial score (nSPS) is 17.0. The number of carbonyl (C=O) groups is 2. The Bertz CT molecular complexity index is 537. The van der Waals surface area contributed by atoms with E-state index < -0.39 is 6.04 Å². The first-order valence-corrected chi connectivity index (χ1v) is 7.50. The fourth-order valence-corrected chi connectivity index (χ4v) is 2.62. The van der Waals surface area contributed by atoms with Gasteiger partial charge in [0.25, 0.3) is 0 Å². The molecule has 0 saturated carbocycles. The van der Waals surface area contributed by atoms with Crippen LogP contribution in [0.1, 0.15) is 30.1 Å². The summed E-state index contributed by atoms with van der Waals surface area (Å²) in [4.78, 5) is 25.2. The summed E-state index contributed by atoms with van der Waals surface area (Å²) in [5.41, 5.74) is 7.05. The second-order valence-corrected chi connectivity index (χ2v) is 5.60. The van der Waals surface area contributed by atoms with Crippen LogP contribution in [0.25, 0.3) is 0 Å². The van der Waals surface area contributed by atoms with Crippen molar-refractivity contribution in [2.75, 3.05) is 25.5 Å². The van der Waals surface area contributed by atoms with Crippen LogP contribution in [-0.4, -0.2) is 49.1 Å². The molecule has 0 radical (unpaired) electrons. The molecule has 0 bridgehead atoms. The van der Waals surface area contributed by atoms with Crippen molar-refractivity contribution in [3.63, 3.8) is 0 Å². The van der Waals surface area contributed by atoms with E-state index in [1.807, 2.05) is 17.0 Å². The van der Waals surface area contributed by atoms with Gasteiger partial charge in [-0.2, -0.15) is 0 Å². The molecule has 1 atom stereocenters. The molecular formula is C16H23N3O3. The summed E-state index contributed by atoms with van der Waals surface area (Å²) >= 11 is 0. The standard InChI is InChI=1S/C16H23N3O3/c1-11(17)15(20)19-8-6-13(7-9-19)18-14-5-3-4-12(10-14)16(21)22-2/h3-5,10-11,13,18H,6-9,17H2,1-2H3/t11-/m1/s1. The predicted octanol–water partition coefficient (Wildman–Crippen LogP) is 1.22. The third kappa shape index (κ3) is 3.98. The zero-order chi connectivity index (χ0) is 16.1. The van der Waals surface area contributed by atoms with E-state index >= 15 is 0 Å². The van der Waals surface area contributed by atoms with Crippen molar-refractivity contribution in [2.24, 2.45) is 5.73 Å². The molecule has 1 aromatic carbocycles. The molecule has 2 rings (SSSR count). The highest BCUT2D eigenvalue weighted by atomic mass is 16.5. The van der Waals surface area contributed by atoms with Crippen LogP contribution in [0.5, 0.6) is 0 Å². The number of anilines is 1. The van der Waals surface area contributed by atoms with Crippen LogP contribution in [0.2, 0.25) is 0 Å². The Morgan fingerprint density at radius 2 is 2.05 bits per heavy atom. The van der Waals surface area contributed by atoms with Crippen LogP contribution >= 0.6 is 0 Å². The first kappa shape index (κ1) is 16.3. The first-order valence-electron chi connectivity index (χ1n) is 7.50. The highest BCUT2D eigenvalue weighted by molar-refractivity contribution is 5.90. The van der Waals surface area contributed by atoms with Crippen LogP contribution in [0.15, 0.2) is 24.3 Å². The van der Waals surface area contributed by atoms with Gasteiger partial charge in [0, 0.05) is 24.8 Å². The molecule has 1 saturated heterocycles. The number of benzene rings is 1. The van der Waals surface area contributed by atoms with Gasteiger partial charge in [-0.15, -0.1) is 0 Å². The van der Waals surface area contributed by atoms with Gasteiger partial charge in [0.2, 0.25) is 5.91 Å². The fourth-order valence-electron chi connectivity index (χ4n) is 2.62. The van der Waals surface area contributed by atoms with Crippen molar-refractivity contribution in [3.8, 4) is 0 Å². The molecule has 0 aromatic heterocycles. The Labute approximate surface area is 130 Å². The van der Waals surface area contributed by atoms with E-state index in [4.69, 9.17) is 10.5 Å². The number of nitrogens with zero attached hydrogens (tertiary/aromatic N) is 1. The van der Waals surface area contributed by atoms with Gasteiger partial charge in [0.15, 0.2) is 0 Å². The maximum Gasteiger partial charge on any atom is 0.337 e. The molecule has 1 fully saturated rings. The zero-order valence-corrected chi connectivity index (χ0v) is 13.0. The molecular weight excluding hydrogens is 282 g/mol. The van der Waals surface area contributed by atoms with E-state index in [1.54, 1.807) is 19.1 Å². The lowest BCUT2D eigenvalue weighted by Crippen LogP contribution is -2.48. The summed E-state index contributed by atoms with van der Waals surface area (Å²) < 4.78 is 4.72. The van der Waals surface area contributed by atoms with E-state index in [1.165, 1.54) is 7.11 Å². The number of esters is 1. The molecule has 0 spiro atoms. The lowest BCUT2D eigenvalue weighted by atomic mass is 10.0. The van der Waals surface area contributed by atoms with E-state index in [-0.39, 0.29) is 17.9 Å². The summed E-state index contributed by atoms with van der Waals surface area (Å²) in [5.74, 6) is -0.341. The van der Waals surface area contributed by atoms with Crippen LogP contribution in [0, 0.1) is 0 Å². The average Bonchev–Trinajstić information content (AvgIpc) is 2.54. The van der Waals surface area contributed by atoms with Gasteiger partial charge in [-0.1, -0.05) is 6.07 Å². The number of methoxy groups -OCH3 is 1. The Hall–Kier alpha value is -2.08. The lowest BCUT2D eigenvalue weighted by Gasteiger charge is -2.33. The molecule has 6 heteroatoms. The van der Waals surface area contributed by atoms with Gasteiger partial charge in [0.1, 0.15) is 0 Å². The molecule has 0 unspecified atom stereocenters. The molecule has 1 heterocycles. The van der Waals surface area contributed by atoms with Crippen molar-refractivity contribution in [1.29, 1.82) is 0 Å². The molecule has 6 nitrogen and oxygen atoms in total. The van der Waals surface area contributed by atoms with Crippen LogP contribution in [0.3, 0.4) is 0 Å². The number of nitrogens with one attached hydrogen (secondary N) is 1. The lowest BCUT2D eigenvalue weighted by molar-refractivity contribution is -0.133. The minimum Gasteiger partial charge on any atom is -0.465 e. The van der Waals surface area contributed by atoms with Gasteiger partial charge in [-0.05, 0) is 38.0 Å². The number of hydrogen-bond acceptors (Lipinski definition) is 5. The Morgan fingerprint density at radius 3 is 2.64 bits per heavy atom. The van der Waals surface area contributed by atoms with E-state index in [2.05, 4.69) is 5.32 Å². The SMILES string of the molecule is COC(=O)c1cccc(NC2CCN(C(=O)[C@@H](C)N)CC2)c1. The smallest absolute Gasteiger partial charge is 0.337 e. The van der Waals surface area contributed by atoms with E-state index in [9.17, 15) is 9.59 Å².